The number of rotatable bonds is 9. The number of alkyl carbamates (subject to hydrolysis) is 1. The van der Waals surface area contributed by atoms with Gasteiger partial charge in [-0.1, -0.05) is 76.2 Å². The van der Waals surface area contributed by atoms with Crippen LogP contribution in [0.15, 0.2) is 79.0 Å². The van der Waals surface area contributed by atoms with Crippen LogP contribution in [0.25, 0.3) is 44.2 Å². The fourth-order valence-electron chi connectivity index (χ4n) is 9.85. The summed E-state index contributed by atoms with van der Waals surface area (Å²) in [6.45, 7) is 9.35. The lowest BCUT2D eigenvalue weighted by Gasteiger charge is -2.33. The highest BCUT2D eigenvalue weighted by atomic mass is 16.5. The Morgan fingerprint density at radius 3 is 2.30 bits per heavy atom. The molecule has 2 fully saturated rings. The van der Waals surface area contributed by atoms with Gasteiger partial charge in [0.2, 0.25) is 5.91 Å². The van der Waals surface area contributed by atoms with Crippen LogP contribution in [0.1, 0.15) is 81.4 Å². The van der Waals surface area contributed by atoms with E-state index in [-0.39, 0.29) is 41.7 Å². The molecule has 3 aliphatic rings. The molecule has 4 N–H and O–H groups in total. The Balaban J connectivity index is 0.977. The lowest BCUT2D eigenvalue weighted by molar-refractivity contribution is -0.138. The fourth-order valence-corrected chi connectivity index (χ4v) is 9.85. The zero-order chi connectivity index (χ0) is 44.3. The van der Waals surface area contributed by atoms with Gasteiger partial charge in [0.15, 0.2) is 0 Å². The SMILES string of the molecule is COC(=O)N[C@@H](C(=O)N1C[C@@H](C)C[C@H]1c1nc2ccc3cc4c(cc3c2[nH]1)OCc1cc(-c2cnc([C@@H]3C[C@H](C)CN3C(=O)[C@H](C(C)C)N(C)C(=O)O)[nH]2)ccc1-4)c1ccccc1. The number of carbonyl (C=O) groups is 4. The van der Waals surface area contributed by atoms with Gasteiger partial charge < -0.3 is 39.7 Å². The zero-order valence-corrected chi connectivity index (χ0v) is 36.2. The third-order valence-corrected chi connectivity index (χ3v) is 12.9. The number of benzene rings is 4. The van der Waals surface area contributed by atoms with Crippen LogP contribution >= 0.6 is 0 Å². The number of nitrogens with one attached hydrogen (secondary N) is 3. The smallest absolute Gasteiger partial charge is 0.407 e. The standard InChI is InChI=1S/C48H52N8O7/c1-25(2)42(54(5)48(60)61)46(58)56-23-26(3)16-37(56)43-49-21-36(51-43)30-12-14-32-31(18-30)24-63-39-20-33-29(19-34(32)39)13-15-35-41(33)52-44(50-35)38-17-27(4)22-55(38)45(57)40(53-47(59)62-6)28-10-8-7-9-11-28/h7-15,18-21,25-27,37-38,40,42H,16-17,22-24H2,1-6H3,(H,49,51)(H,50,52)(H,53,59)(H,60,61)/t26-,27-,37-,38-,40+,42-/m0/s1. The summed E-state index contributed by atoms with van der Waals surface area (Å²) in [7, 11) is 2.73. The van der Waals surface area contributed by atoms with Gasteiger partial charge >= 0.3 is 12.2 Å². The third-order valence-electron chi connectivity index (χ3n) is 12.9. The van der Waals surface area contributed by atoms with Crippen LogP contribution in [0.4, 0.5) is 9.59 Å². The lowest BCUT2D eigenvalue weighted by atomic mass is 9.92. The van der Waals surface area contributed by atoms with Crippen LogP contribution < -0.4 is 10.1 Å². The topological polar surface area (TPSA) is 186 Å². The van der Waals surface area contributed by atoms with Crippen molar-refractivity contribution in [2.24, 2.45) is 17.8 Å². The molecule has 3 aliphatic heterocycles. The summed E-state index contributed by atoms with van der Waals surface area (Å²) >= 11 is 0. The minimum atomic E-state index is -1.13. The summed E-state index contributed by atoms with van der Waals surface area (Å²) in [6.07, 6.45) is 1.41. The molecule has 0 unspecified atom stereocenters. The van der Waals surface area contributed by atoms with E-state index < -0.39 is 24.3 Å². The number of likely N-dealkylation sites (N-methyl/N-ethyl adjacent to an activating group) is 1. The van der Waals surface area contributed by atoms with Gasteiger partial charge in [-0.05, 0) is 82.5 Å². The summed E-state index contributed by atoms with van der Waals surface area (Å²) in [5, 5.41) is 14.4. The Kier molecular flexibility index (Phi) is 10.8. The van der Waals surface area contributed by atoms with Gasteiger partial charge in [0.05, 0.1) is 42.1 Å². The maximum Gasteiger partial charge on any atom is 0.407 e. The number of ether oxygens (including phenoxy) is 2. The van der Waals surface area contributed by atoms with E-state index in [2.05, 4.69) is 65.5 Å². The van der Waals surface area contributed by atoms with Crippen LogP contribution in [0.5, 0.6) is 5.75 Å². The first-order chi connectivity index (χ1) is 30.3. The van der Waals surface area contributed by atoms with E-state index in [1.54, 1.807) is 11.1 Å². The molecule has 0 aliphatic carbocycles. The Bertz CT molecular complexity index is 2750. The van der Waals surface area contributed by atoms with Crippen LogP contribution in [0.3, 0.4) is 0 Å². The Morgan fingerprint density at radius 1 is 0.889 bits per heavy atom. The molecule has 5 heterocycles. The number of aromatic nitrogens is 4. The molecule has 15 nitrogen and oxygen atoms in total. The summed E-state index contributed by atoms with van der Waals surface area (Å²) < 4.78 is 11.3. The summed E-state index contributed by atoms with van der Waals surface area (Å²) in [5.74, 6) is 1.93. The van der Waals surface area contributed by atoms with Gasteiger partial charge in [-0.15, -0.1) is 0 Å². The molecule has 326 valence electrons. The van der Waals surface area contributed by atoms with Crippen LogP contribution in [0, 0.1) is 17.8 Å². The average Bonchev–Trinajstić information content (AvgIpc) is 4.10. The van der Waals surface area contributed by atoms with Gasteiger partial charge in [-0.3, -0.25) is 14.5 Å². The summed E-state index contributed by atoms with van der Waals surface area (Å²) in [5.41, 5.74) is 7.13. The minimum absolute atomic E-state index is 0.197. The average molecular weight is 853 g/mol. The molecular weight excluding hydrogens is 801 g/mol. The van der Waals surface area contributed by atoms with Gasteiger partial charge in [-0.2, -0.15) is 0 Å². The first kappa shape index (κ1) is 41.5. The molecule has 4 amide bonds. The molecule has 2 saturated heterocycles. The number of H-pyrrole nitrogens is 2. The molecule has 0 spiro atoms. The first-order valence-electron chi connectivity index (χ1n) is 21.5. The van der Waals surface area contributed by atoms with E-state index in [4.69, 9.17) is 19.4 Å². The van der Waals surface area contributed by atoms with E-state index in [0.717, 1.165) is 66.8 Å². The van der Waals surface area contributed by atoms with Gasteiger partial charge in [-0.25, -0.2) is 19.6 Å². The molecule has 63 heavy (non-hydrogen) atoms. The van der Waals surface area contributed by atoms with Gasteiger partial charge in [0.25, 0.3) is 5.91 Å². The molecular formula is C48H52N8O7. The Labute approximate surface area is 364 Å². The number of imidazole rings is 2. The lowest BCUT2D eigenvalue weighted by Crippen LogP contribution is -2.51. The molecule has 0 radical (unpaired) electrons. The maximum absolute atomic E-state index is 14.3. The van der Waals surface area contributed by atoms with Crippen molar-refractivity contribution in [3.63, 3.8) is 0 Å². The van der Waals surface area contributed by atoms with Crippen LogP contribution in [-0.2, 0) is 20.9 Å². The van der Waals surface area contributed by atoms with Crippen molar-refractivity contribution in [1.82, 2.24) is 40.0 Å². The number of carbonyl (C=O) groups excluding carboxylic acids is 3. The van der Waals surface area contributed by atoms with Crippen molar-refractivity contribution in [2.75, 3.05) is 27.2 Å². The highest BCUT2D eigenvalue weighted by Gasteiger charge is 2.42. The quantitative estimate of drug-likeness (QED) is 0.111. The summed E-state index contributed by atoms with van der Waals surface area (Å²) in [6, 6.07) is 21.4. The van der Waals surface area contributed by atoms with Crippen molar-refractivity contribution in [2.45, 2.75) is 71.3 Å². The normalized spacial score (nSPS) is 20.3. The monoisotopic (exact) mass is 852 g/mol. The van der Waals surface area contributed by atoms with Crippen LogP contribution in [-0.4, -0.2) is 97.0 Å². The van der Waals surface area contributed by atoms with Crippen molar-refractivity contribution in [3.05, 3.63) is 102 Å². The van der Waals surface area contributed by atoms with Crippen molar-refractivity contribution in [3.8, 4) is 28.1 Å². The zero-order valence-electron chi connectivity index (χ0n) is 36.2. The molecule has 6 aromatic rings. The highest BCUT2D eigenvalue weighted by Crippen LogP contribution is 2.44. The number of fused-ring (bicyclic) bond motifs is 6. The molecule has 9 rings (SSSR count). The first-order valence-corrected chi connectivity index (χ1v) is 21.5. The van der Waals surface area contributed by atoms with Crippen molar-refractivity contribution in [1.29, 1.82) is 0 Å². The van der Waals surface area contributed by atoms with Gasteiger partial charge in [0, 0.05) is 31.1 Å². The van der Waals surface area contributed by atoms with Crippen molar-refractivity contribution < 1.29 is 33.8 Å². The minimum Gasteiger partial charge on any atom is -0.488 e. The second kappa shape index (κ2) is 16.4. The third kappa shape index (κ3) is 7.59. The summed E-state index contributed by atoms with van der Waals surface area (Å²) in [4.78, 5) is 74.0. The van der Waals surface area contributed by atoms with E-state index in [1.807, 2.05) is 55.1 Å². The van der Waals surface area contributed by atoms with Gasteiger partial charge in [0.1, 0.15) is 36.1 Å². The number of likely N-dealkylation sites (tertiary alicyclic amines) is 2. The van der Waals surface area contributed by atoms with Crippen molar-refractivity contribution >= 4 is 45.8 Å². The molecule has 0 saturated carbocycles. The Hall–Kier alpha value is -6.90. The maximum atomic E-state index is 14.3. The molecule has 0 bridgehead atoms. The molecule has 15 heteroatoms. The fraction of sp³-hybridized carbons (Fsp3) is 0.375. The number of amides is 4. The second-order valence-corrected chi connectivity index (χ2v) is 17.8. The molecule has 6 atom stereocenters. The molecule has 4 aromatic carbocycles. The number of methoxy groups -OCH3 is 1. The number of hydrogen-bond acceptors (Lipinski definition) is 8. The number of hydrogen-bond donors (Lipinski definition) is 4. The predicted octanol–water partition coefficient (Wildman–Crippen LogP) is 8.22. The number of nitrogens with zero attached hydrogens (tertiary/aromatic N) is 5. The highest BCUT2D eigenvalue weighted by molar-refractivity contribution is 6.07. The predicted molar refractivity (Wildman–Crippen MR) is 237 cm³/mol. The number of carboxylic acid groups (broad SMARTS) is 1. The van der Waals surface area contributed by atoms with E-state index in [0.29, 0.717) is 43.3 Å². The van der Waals surface area contributed by atoms with E-state index in [1.165, 1.54) is 14.2 Å². The largest absolute Gasteiger partial charge is 0.488 e. The van der Waals surface area contributed by atoms with E-state index in [9.17, 15) is 24.3 Å². The van der Waals surface area contributed by atoms with E-state index >= 15 is 0 Å². The molecule has 2 aromatic heterocycles. The van der Waals surface area contributed by atoms with Crippen LogP contribution in [0.2, 0.25) is 0 Å². The second-order valence-electron chi connectivity index (χ2n) is 17.8. The number of aromatic amines is 2. The Morgan fingerprint density at radius 2 is 1.60 bits per heavy atom.